The average molecular weight is 569 g/mol. The van der Waals surface area contributed by atoms with E-state index in [1.165, 1.54) is 0 Å². The van der Waals surface area contributed by atoms with E-state index < -0.39 is 20.8 Å². The molecule has 0 aliphatic carbocycles. The van der Waals surface area contributed by atoms with Gasteiger partial charge in [0, 0.05) is 43.4 Å². The molecule has 0 rings (SSSR count). The summed E-state index contributed by atoms with van der Waals surface area (Å²) in [7, 11) is -10.0. The molecule has 0 fully saturated rings. The second-order valence-corrected chi connectivity index (χ2v) is 2.97. The summed E-state index contributed by atoms with van der Waals surface area (Å²) in [5.41, 5.74) is 0. The minimum absolute atomic E-state index is 0. The second kappa shape index (κ2) is 13.7. The van der Waals surface area contributed by atoms with Crippen LogP contribution in [0.4, 0.5) is 0 Å². The Hall–Kier alpha value is 4.31. The van der Waals surface area contributed by atoms with Crippen LogP contribution in [0.5, 0.6) is 0 Å². The Morgan fingerprint density at radius 1 is 0.714 bits per heavy atom. The maximum atomic E-state index is 9.51. The second-order valence-electron chi connectivity index (χ2n) is 0.992. The summed E-state index contributed by atoms with van der Waals surface area (Å²) in [6, 6.07) is 0. The van der Waals surface area contributed by atoms with Gasteiger partial charge in [0.25, 0.3) is 0 Å². The zero-order chi connectivity index (χ0) is 8.41. The molecule has 0 aliphatic rings. The van der Waals surface area contributed by atoms with Crippen LogP contribution in [-0.4, -0.2) is 124 Å². The molecule has 78 valence electrons. The van der Waals surface area contributed by atoms with Gasteiger partial charge in [0.05, 0.1) is 0 Å². The Bertz CT molecular complexity index is 259. The van der Waals surface area contributed by atoms with Crippen LogP contribution in [0.15, 0.2) is 0 Å². The standard InChI is InChI=1S/2Ba.H2O8S2.2Ti.4H/c;;1-9(2,3)7-8-10(4,5)6;;;;;;/h;;(H,1,2,3)(H,4,5,6);;;;;;. The van der Waals surface area contributed by atoms with Crippen molar-refractivity contribution < 1.29 is 78.0 Å². The molecule has 0 spiro atoms. The molecule has 0 saturated heterocycles. The van der Waals surface area contributed by atoms with Crippen LogP contribution in [0.2, 0.25) is 0 Å². The molecule has 0 radical (unpaired) electrons. The molecule has 2 N–H and O–H groups in total. The van der Waals surface area contributed by atoms with E-state index in [9.17, 15) is 16.8 Å². The van der Waals surface area contributed by atoms with Crippen LogP contribution in [0.1, 0.15) is 0 Å². The molecule has 0 aromatic carbocycles. The third-order valence-corrected chi connectivity index (χ3v) is 0.766. The third-order valence-electron chi connectivity index (χ3n) is 0.200. The Balaban J connectivity index is -0.0000000675. The van der Waals surface area contributed by atoms with E-state index in [4.69, 9.17) is 9.11 Å². The predicted octanol–water partition coefficient (Wildman–Crippen LogP) is -3.30. The van der Waals surface area contributed by atoms with Crippen LogP contribution in [0.25, 0.3) is 0 Å². The fourth-order valence-electron chi connectivity index (χ4n) is 0.0702. The zero-order valence-corrected chi connectivity index (χ0v) is 9.92. The predicted molar refractivity (Wildman–Crippen MR) is 42.4 cm³/mol. The van der Waals surface area contributed by atoms with Gasteiger partial charge in [-0.25, -0.2) is 0 Å². The van der Waals surface area contributed by atoms with Crippen LogP contribution in [-0.2, 0) is 72.9 Å². The summed E-state index contributed by atoms with van der Waals surface area (Å²) in [6.07, 6.45) is 0. The molecule has 0 unspecified atom stereocenters. The van der Waals surface area contributed by atoms with Gasteiger partial charge in [0.15, 0.2) is 0 Å². The first-order chi connectivity index (χ1) is 4.21. The quantitative estimate of drug-likeness (QED) is 0.157. The van der Waals surface area contributed by atoms with Gasteiger partial charge in [-0.3, -0.25) is 9.11 Å². The Labute approximate surface area is 191 Å². The molecular weight excluding hydrogens is 563 g/mol. The summed E-state index contributed by atoms with van der Waals surface area (Å²) >= 11 is 0. The van der Waals surface area contributed by atoms with Crippen LogP contribution in [0.3, 0.4) is 0 Å². The topological polar surface area (TPSA) is 127 Å². The van der Waals surface area contributed by atoms with E-state index in [0.29, 0.717) is 0 Å². The minimum Gasteiger partial charge on any atom is 0 e. The van der Waals surface area contributed by atoms with Crippen molar-refractivity contribution in [1.29, 1.82) is 0 Å². The molecule has 0 heterocycles. The van der Waals surface area contributed by atoms with Gasteiger partial charge in [-0.2, -0.15) is 16.8 Å². The van der Waals surface area contributed by atoms with Gasteiger partial charge >= 0.3 is 119 Å². The first kappa shape index (κ1) is 31.0. The summed E-state index contributed by atoms with van der Waals surface area (Å²) in [5, 5.41) is 0. The summed E-state index contributed by atoms with van der Waals surface area (Å²) in [5.74, 6) is 0. The maximum absolute atomic E-state index is 9.51. The van der Waals surface area contributed by atoms with Gasteiger partial charge in [-0.05, 0) is 0 Å². The van der Waals surface area contributed by atoms with Crippen molar-refractivity contribution in [3.8, 4) is 0 Å². The summed E-state index contributed by atoms with van der Waals surface area (Å²) in [6.45, 7) is 0. The molecule has 0 bridgehead atoms. The fourth-order valence-corrected chi connectivity index (χ4v) is 0.632. The Morgan fingerprint density at radius 2 is 0.857 bits per heavy atom. The van der Waals surface area contributed by atoms with Gasteiger partial charge in [-0.1, -0.05) is 8.67 Å². The minimum atomic E-state index is -5.02. The fraction of sp³-hybridized carbons (Fsp3) is 0. The molecule has 0 aromatic heterocycles. The molecule has 0 aliphatic heterocycles. The summed E-state index contributed by atoms with van der Waals surface area (Å²) in [4.78, 5) is 0. The van der Waals surface area contributed by atoms with E-state index in [-0.39, 0.29) is 141 Å². The molecular formula is H6Ba2O8S2Ti2. The van der Waals surface area contributed by atoms with Gasteiger partial charge in [-0.15, -0.1) is 0 Å². The van der Waals surface area contributed by atoms with Crippen molar-refractivity contribution in [2.75, 3.05) is 0 Å². The van der Waals surface area contributed by atoms with Crippen molar-refractivity contribution in [1.82, 2.24) is 0 Å². The first-order valence-electron chi connectivity index (χ1n) is 1.53. The van der Waals surface area contributed by atoms with Gasteiger partial charge in [0.2, 0.25) is 0 Å². The van der Waals surface area contributed by atoms with Crippen LogP contribution < -0.4 is 0 Å². The van der Waals surface area contributed by atoms with E-state index in [1.807, 2.05) is 0 Å². The molecule has 0 saturated carbocycles. The number of hydrogen-bond donors (Lipinski definition) is 2. The van der Waals surface area contributed by atoms with Crippen molar-refractivity contribution in [2.45, 2.75) is 0 Å². The Kier molecular flexibility index (Phi) is 30.4. The average Bonchev–Trinajstić information content (AvgIpc) is 1.57. The molecule has 8 nitrogen and oxygen atoms in total. The summed E-state index contributed by atoms with van der Waals surface area (Å²) < 4.78 is 58.9. The largest absolute Gasteiger partial charge is 0 e. The van der Waals surface area contributed by atoms with Crippen LogP contribution >= 0.6 is 0 Å². The van der Waals surface area contributed by atoms with E-state index in [0.717, 1.165) is 0 Å². The smallest absolute Gasteiger partial charge is 0 e. The third kappa shape index (κ3) is 29.9. The van der Waals surface area contributed by atoms with Crippen molar-refractivity contribution in [3.05, 3.63) is 0 Å². The normalized spacial score (nSPS) is 9.57. The molecule has 0 atom stereocenters. The maximum Gasteiger partial charge on any atom is 0 e. The molecule has 0 aromatic rings. The number of hydrogen-bond acceptors (Lipinski definition) is 6. The van der Waals surface area contributed by atoms with Crippen LogP contribution in [0, 0.1) is 0 Å². The van der Waals surface area contributed by atoms with E-state index in [1.54, 1.807) is 0 Å². The van der Waals surface area contributed by atoms with E-state index in [2.05, 4.69) is 8.67 Å². The zero-order valence-electron chi connectivity index (χ0n) is 5.16. The van der Waals surface area contributed by atoms with Gasteiger partial charge < -0.3 is 0 Å². The first-order valence-corrected chi connectivity index (χ1v) is 4.26. The van der Waals surface area contributed by atoms with Crippen molar-refractivity contribution >= 4 is 119 Å². The molecule has 14 heteroatoms. The molecule has 14 heavy (non-hydrogen) atoms. The van der Waals surface area contributed by atoms with E-state index >= 15 is 0 Å². The van der Waals surface area contributed by atoms with Crippen molar-refractivity contribution in [2.24, 2.45) is 0 Å². The number of rotatable bonds is 3. The Morgan fingerprint density at radius 3 is 0.929 bits per heavy atom. The van der Waals surface area contributed by atoms with Gasteiger partial charge in [0.1, 0.15) is 0 Å². The molecule has 0 amide bonds. The monoisotopic (exact) mass is 570 g/mol. The van der Waals surface area contributed by atoms with Crippen molar-refractivity contribution in [3.63, 3.8) is 0 Å². The SMILES string of the molecule is O=S(=O)(O)OOS(=O)(=O)O.[BaH2].[BaH2].[Ti].[Ti].